The molecule has 29 heavy (non-hydrogen) atoms. The van der Waals surface area contributed by atoms with Crippen LogP contribution in [0, 0.1) is 12.8 Å². The number of carbonyl (C=O) groups excluding carboxylic acids is 1. The monoisotopic (exact) mass is 388 g/mol. The van der Waals surface area contributed by atoms with Gasteiger partial charge in [0.25, 0.3) is 0 Å². The van der Waals surface area contributed by atoms with Crippen molar-refractivity contribution in [1.82, 2.24) is 14.8 Å². The number of fused-ring (bicyclic) bond motifs is 1. The van der Waals surface area contributed by atoms with Crippen molar-refractivity contribution in [2.45, 2.75) is 38.3 Å². The summed E-state index contributed by atoms with van der Waals surface area (Å²) in [5.41, 5.74) is 3.48. The molecule has 0 unspecified atom stereocenters. The fourth-order valence-corrected chi connectivity index (χ4v) is 4.15. The van der Waals surface area contributed by atoms with E-state index >= 15 is 0 Å². The van der Waals surface area contributed by atoms with E-state index in [0.29, 0.717) is 5.95 Å². The number of rotatable bonds is 4. The first kappa shape index (κ1) is 17.9. The van der Waals surface area contributed by atoms with Crippen LogP contribution < -0.4 is 9.64 Å². The molecular weight excluding hydrogens is 364 g/mol. The second-order valence-electron chi connectivity index (χ2n) is 7.94. The van der Waals surface area contributed by atoms with Crippen LogP contribution in [0.3, 0.4) is 0 Å². The van der Waals surface area contributed by atoms with Crippen molar-refractivity contribution >= 4 is 11.9 Å². The molecule has 0 saturated heterocycles. The van der Waals surface area contributed by atoms with Gasteiger partial charge in [-0.25, -0.2) is 4.68 Å². The number of methoxy groups -OCH3 is 1. The SMILES string of the molecule is COc1ccc([C@@H]2C[C@H](c3ccc(C)cc3)N(C(=O)C3CC3)c3ncnn32)cc1. The average Bonchev–Trinajstić information content (AvgIpc) is 3.50. The second kappa shape index (κ2) is 7.03. The highest BCUT2D eigenvalue weighted by Gasteiger charge is 2.44. The van der Waals surface area contributed by atoms with Gasteiger partial charge >= 0.3 is 0 Å². The lowest BCUT2D eigenvalue weighted by Crippen LogP contribution is -2.43. The first-order valence-corrected chi connectivity index (χ1v) is 10.1. The molecule has 148 valence electrons. The van der Waals surface area contributed by atoms with Gasteiger partial charge in [0.1, 0.15) is 12.1 Å². The van der Waals surface area contributed by atoms with Crippen LogP contribution in [0.2, 0.25) is 0 Å². The fourth-order valence-electron chi connectivity index (χ4n) is 4.15. The number of ether oxygens (including phenoxy) is 1. The van der Waals surface area contributed by atoms with Gasteiger partial charge in [0, 0.05) is 5.92 Å². The smallest absolute Gasteiger partial charge is 0.233 e. The van der Waals surface area contributed by atoms with Crippen LogP contribution in [0.15, 0.2) is 54.9 Å². The van der Waals surface area contributed by atoms with Crippen molar-refractivity contribution in [3.05, 3.63) is 71.5 Å². The van der Waals surface area contributed by atoms with E-state index in [-0.39, 0.29) is 23.9 Å². The summed E-state index contributed by atoms with van der Waals surface area (Å²) in [6.45, 7) is 2.08. The summed E-state index contributed by atoms with van der Waals surface area (Å²) in [5, 5.41) is 4.49. The summed E-state index contributed by atoms with van der Waals surface area (Å²) in [5.74, 6) is 1.74. The largest absolute Gasteiger partial charge is 0.497 e. The number of aromatic nitrogens is 3. The molecule has 2 heterocycles. The van der Waals surface area contributed by atoms with E-state index in [0.717, 1.165) is 36.1 Å². The standard InChI is InChI=1S/C23H24N4O2/c1-15-3-5-16(6-4-15)20-13-21(17-9-11-19(29-2)12-10-17)27-23(24-14-25-27)26(20)22(28)18-7-8-18/h3-6,9-12,14,18,20-21H,7-8,13H2,1-2H3/t20-,21+/m1/s1. The number of carbonyl (C=O) groups is 1. The molecule has 1 amide bonds. The van der Waals surface area contributed by atoms with Crippen molar-refractivity contribution < 1.29 is 9.53 Å². The van der Waals surface area contributed by atoms with Crippen molar-refractivity contribution in [1.29, 1.82) is 0 Å². The molecule has 6 heteroatoms. The summed E-state index contributed by atoms with van der Waals surface area (Å²) in [6, 6.07) is 16.5. The molecule has 0 radical (unpaired) electrons. The lowest BCUT2D eigenvalue weighted by molar-refractivity contribution is -0.120. The van der Waals surface area contributed by atoms with Gasteiger partial charge in [-0.3, -0.25) is 9.69 Å². The van der Waals surface area contributed by atoms with Crippen molar-refractivity contribution in [2.75, 3.05) is 12.0 Å². The van der Waals surface area contributed by atoms with Crippen LogP contribution in [-0.4, -0.2) is 27.8 Å². The summed E-state index contributed by atoms with van der Waals surface area (Å²) in [7, 11) is 1.67. The lowest BCUT2D eigenvalue weighted by atomic mass is 9.91. The number of aryl methyl sites for hydroxylation is 1. The molecule has 2 aliphatic rings. The maximum atomic E-state index is 13.2. The third kappa shape index (κ3) is 3.18. The predicted octanol–water partition coefficient (Wildman–Crippen LogP) is 4.07. The minimum absolute atomic E-state index is 0.00737. The normalized spacial score (nSPS) is 21.0. The van der Waals surface area contributed by atoms with Gasteiger partial charge in [-0.2, -0.15) is 10.1 Å². The van der Waals surface area contributed by atoms with E-state index in [4.69, 9.17) is 4.74 Å². The Morgan fingerprint density at radius 1 is 1.00 bits per heavy atom. The Morgan fingerprint density at radius 2 is 1.66 bits per heavy atom. The lowest BCUT2D eigenvalue weighted by Gasteiger charge is -2.39. The molecule has 0 N–H and O–H groups in total. The van der Waals surface area contributed by atoms with E-state index in [9.17, 15) is 4.79 Å². The maximum absolute atomic E-state index is 13.2. The van der Waals surface area contributed by atoms with Gasteiger partial charge in [-0.05, 0) is 49.4 Å². The molecule has 1 saturated carbocycles. The first-order valence-electron chi connectivity index (χ1n) is 10.1. The van der Waals surface area contributed by atoms with Gasteiger partial charge < -0.3 is 4.74 Å². The number of nitrogens with zero attached hydrogens (tertiary/aromatic N) is 4. The Labute approximate surface area is 170 Å². The molecule has 5 rings (SSSR count). The third-order valence-corrected chi connectivity index (χ3v) is 5.95. The van der Waals surface area contributed by atoms with Gasteiger partial charge in [0.15, 0.2) is 0 Å². The number of amides is 1. The predicted molar refractivity (Wildman–Crippen MR) is 110 cm³/mol. The van der Waals surface area contributed by atoms with Gasteiger partial charge in [-0.15, -0.1) is 0 Å². The molecule has 6 nitrogen and oxygen atoms in total. The fraction of sp³-hybridized carbons (Fsp3) is 0.348. The molecule has 2 aromatic carbocycles. The molecule has 1 aliphatic heterocycles. The summed E-state index contributed by atoms with van der Waals surface area (Å²) >= 11 is 0. The molecule has 1 fully saturated rings. The number of hydrogen-bond acceptors (Lipinski definition) is 4. The molecule has 0 bridgehead atoms. The van der Waals surface area contributed by atoms with Crippen LogP contribution in [0.5, 0.6) is 5.75 Å². The maximum Gasteiger partial charge on any atom is 0.233 e. The third-order valence-electron chi connectivity index (χ3n) is 5.95. The quantitative estimate of drug-likeness (QED) is 0.676. The van der Waals surface area contributed by atoms with E-state index < -0.39 is 0 Å². The zero-order chi connectivity index (χ0) is 20.0. The van der Waals surface area contributed by atoms with Crippen LogP contribution in [0.4, 0.5) is 5.95 Å². The molecular formula is C23H24N4O2. The zero-order valence-corrected chi connectivity index (χ0v) is 16.7. The number of hydrogen-bond donors (Lipinski definition) is 0. The molecule has 0 spiro atoms. The highest BCUT2D eigenvalue weighted by Crippen LogP contribution is 2.44. The van der Waals surface area contributed by atoms with E-state index in [1.807, 2.05) is 21.7 Å². The Morgan fingerprint density at radius 3 is 2.31 bits per heavy atom. The highest BCUT2D eigenvalue weighted by molar-refractivity contribution is 5.96. The van der Waals surface area contributed by atoms with Crippen molar-refractivity contribution in [3.8, 4) is 5.75 Å². The zero-order valence-electron chi connectivity index (χ0n) is 16.7. The molecule has 2 atom stereocenters. The van der Waals surface area contributed by atoms with E-state index in [2.05, 4.69) is 53.4 Å². The molecule has 3 aromatic rings. The topological polar surface area (TPSA) is 60.2 Å². The molecule has 1 aromatic heterocycles. The van der Waals surface area contributed by atoms with Crippen LogP contribution in [0.25, 0.3) is 0 Å². The Kier molecular flexibility index (Phi) is 4.34. The van der Waals surface area contributed by atoms with E-state index in [1.54, 1.807) is 13.4 Å². The Bertz CT molecular complexity index is 1020. The number of benzene rings is 2. The highest BCUT2D eigenvalue weighted by atomic mass is 16.5. The van der Waals surface area contributed by atoms with Gasteiger partial charge in [0.2, 0.25) is 11.9 Å². The van der Waals surface area contributed by atoms with Gasteiger partial charge in [0.05, 0.1) is 19.2 Å². The summed E-state index contributed by atoms with van der Waals surface area (Å²) < 4.78 is 7.20. The van der Waals surface area contributed by atoms with Crippen LogP contribution >= 0.6 is 0 Å². The van der Waals surface area contributed by atoms with Gasteiger partial charge in [-0.1, -0.05) is 42.0 Å². The number of anilines is 1. The minimum Gasteiger partial charge on any atom is -0.497 e. The summed E-state index contributed by atoms with van der Waals surface area (Å²) in [4.78, 5) is 19.6. The van der Waals surface area contributed by atoms with Crippen molar-refractivity contribution in [3.63, 3.8) is 0 Å². The molecule has 1 aliphatic carbocycles. The van der Waals surface area contributed by atoms with E-state index in [1.165, 1.54) is 5.56 Å². The van der Waals surface area contributed by atoms with Crippen LogP contribution in [0.1, 0.15) is 48.0 Å². The minimum atomic E-state index is -0.0625. The van der Waals surface area contributed by atoms with Crippen LogP contribution in [-0.2, 0) is 4.79 Å². The first-order chi connectivity index (χ1) is 14.2. The summed E-state index contributed by atoms with van der Waals surface area (Å²) in [6.07, 6.45) is 4.23. The van der Waals surface area contributed by atoms with Crippen molar-refractivity contribution in [2.24, 2.45) is 5.92 Å². The second-order valence-corrected chi connectivity index (χ2v) is 7.94. The average molecular weight is 388 g/mol. The Hall–Kier alpha value is -3.15. The Balaban J connectivity index is 1.60.